The van der Waals surface area contributed by atoms with Crippen LogP contribution in [0.15, 0.2) is 84.9 Å². The zero-order chi connectivity index (χ0) is 22.8. The summed E-state index contributed by atoms with van der Waals surface area (Å²) in [6.07, 6.45) is -0.712. The van der Waals surface area contributed by atoms with Gasteiger partial charge in [0.1, 0.15) is 18.4 Å². The second-order valence-corrected chi connectivity index (χ2v) is 6.84. The van der Waals surface area contributed by atoms with Crippen LogP contribution in [0.4, 0.5) is 4.79 Å². The standard InChI is InChI=1S/C24H22N2O6/c27-22(26-30)21(25-24(29)31-16-18-7-3-1-4-8-18)15-17-11-13-20(14-12-17)32-23(28)19-9-5-2-6-10-19/h1-14,21,30H,15-16H2,(H,25,29)(H,26,27)/t21-/m0/s1. The Hall–Kier alpha value is -4.17. The molecule has 2 amide bonds. The van der Waals surface area contributed by atoms with Crippen LogP contribution in [0.5, 0.6) is 5.75 Å². The second kappa shape index (κ2) is 11.3. The van der Waals surface area contributed by atoms with Crippen LogP contribution in [0.3, 0.4) is 0 Å². The van der Waals surface area contributed by atoms with Crippen LogP contribution in [0, 0.1) is 0 Å². The van der Waals surface area contributed by atoms with Gasteiger partial charge >= 0.3 is 12.1 Å². The number of rotatable bonds is 8. The van der Waals surface area contributed by atoms with E-state index in [4.69, 9.17) is 14.7 Å². The summed E-state index contributed by atoms with van der Waals surface area (Å²) in [5, 5.41) is 11.4. The van der Waals surface area contributed by atoms with Crippen LogP contribution in [0.1, 0.15) is 21.5 Å². The van der Waals surface area contributed by atoms with Crippen LogP contribution in [0.2, 0.25) is 0 Å². The number of alkyl carbamates (subject to hydrolysis) is 1. The first kappa shape index (κ1) is 22.5. The summed E-state index contributed by atoms with van der Waals surface area (Å²) in [6, 6.07) is 23.1. The minimum atomic E-state index is -1.07. The van der Waals surface area contributed by atoms with E-state index in [0.717, 1.165) is 5.56 Å². The summed E-state index contributed by atoms with van der Waals surface area (Å²) in [6.45, 7) is 0.0433. The van der Waals surface area contributed by atoms with Crippen molar-refractivity contribution in [3.05, 3.63) is 102 Å². The Balaban J connectivity index is 1.57. The fraction of sp³-hybridized carbons (Fsp3) is 0.125. The Kier molecular flexibility index (Phi) is 7.94. The van der Waals surface area contributed by atoms with Gasteiger partial charge in [-0.15, -0.1) is 0 Å². The van der Waals surface area contributed by atoms with Gasteiger partial charge in [-0.3, -0.25) is 10.0 Å². The lowest BCUT2D eigenvalue weighted by Gasteiger charge is -2.17. The van der Waals surface area contributed by atoms with Crippen molar-refractivity contribution in [3.8, 4) is 5.75 Å². The van der Waals surface area contributed by atoms with E-state index in [-0.39, 0.29) is 13.0 Å². The quantitative estimate of drug-likeness (QED) is 0.217. The Morgan fingerprint density at radius 1 is 0.812 bits per heavy atom. The summed E-state index contributed by atoms with van der Waals surface area (Å²) in [4.78, 5) is 36.2. The highest BCUT2D eigenvalue weighted by atomic mass is 16.5. The third kappa shape index (κ3) is 6.68. The van der Waals surface area contributed by atoms with Crippen LogP contribution in [0.25, 0.3) is 0 Å². The predicted octanol–water partition coefficient (Wildman–Crippen LogP) is 3.25. The van der Waals surface area contributed by atoms with Gasteiger partial charge in [0, 0.05) is 6.42 Å². The first-order chi connectivity index (χ1) is 15.5. The molecular formula is C24H22N2O6. The number of ether oxygens (including phenoxy) is 2. The number of nitrogens with one attached hydrogen (secondary N) is 2. The van der Waals surface area contributed by atoms with E-state index in [0.29, 0.717) is 16.9 Å². The third-order valence-electron chi connectivity index (χ3n) is 4.51. The van der Waals surface area contributed by atoms with Crippen molar-refractivity contribution in [2.24, 2.45) is 0 Å². The highest BCUT2D eigenvalue weighted by Gasteiger charge is 2.22. The van der Waals surface area contributed by atoms with E-state index in [9.17, 15) is 14.4 Å². The maximum atomic E-state index is 12.1. The van der Waals surface area contributed by atoms with Gasteiger partial charge in [0.05, 0.1) is 5.56 Å². The largest absolute Gasteiger partial charge is 0.445 e. The number of esters is 1. The molecule has 1 atom stereocenters. The van der Waals surface area contributed by atoms with Gasteiger partial charge < -0.3 is 14.8 Å². The highest BCUT2D eigenvalue weighted by molar-refractivity contribution is 5.91. The smallest absolute Gasteiger partial charge is 0.408 e. The lowest BCUT2D eigenvalue weighted by Crippen LogP contribution is -2.47. The Labute approximate surface area is 184 Å². The zero-order valence-electron chi connectivity index (χ0n) is 17.1. The fourth-order valence-electron chi connectivity index (χ4n) is 2.86. The SMILES string of the molecule is O=C(N[C@@H](Cc1ccc(OC(=O)c2ccccc2)cc1)C(=O)NO)OCc1ccccc1. The number of amides is 2. The molecule has 164 valence electrons. The number of benzene rings is 3. The third-order valence-corrected chi connectivity index (χ3v) is 4.51. The lowest BCUT2D eigenvalue weighted by atomic mass is 10.1. The van der Waals surface area contributed by atoms with Crippen molar-refractivity contribution in [1.82, 2.24) is 10.8 Å². The van der Waals surface area contributed by atoms with Gasteiger partial charge in [0.15, 0.2) is 0 Å². The van der Waals surface area contributed by atoms with E-state index in [1.54, 1.807) is 72.2 Å². The van der Waals surface area contributed by atoms with Crippen molar-refractivity contribution in [2.75, 3.05) is 0 Å². The fourth-order valence-corrected chi connectivity index (χ4v) is 2.86. The Morgan fingerprint density at radius 2 is 1.44 bits per heavy atom. The summed E-state index contributed by atoms with van der Waals surface area (Å²) in [5.41, 5.74) is 3.43. The van der Waals surface area contributed by atoms with Crippen molar-refractivity contribution >= 4 is 18.0 Å². The van der Waals surface area contributed by atoms with Crippen LogP contribution in [-0.2, 0) is 22.6 Å². The van der Waals surface area contributed by atoms with Crippen molar-refractivity contribution in [1.29, 1.82) is 0 Å². The molecule has 0 unspecified atom stereocenters. The maximum Gasteiger partial charge on any atom is 0.408 e. The Morgan fingerprint density at radius 3 is 2.06 bits per heavy atom. The highest BCUT2D eigenvalue weighted by Crippen LogP contribution is 2.16. The van der Waals surface area contributed by atoms with E-state index in [2.05, 4.69) is 5.32 Å². The first-order valence-electron chi connectivity index (χ1n) is 9.82. The minimum absolute atomic E-state index is 0.0433. The molecule has 0 saturated heterocycles. The molecule has 3 rings (SSSR count). The molecule has 0 aliphatic rings. The van der Waals surface area contributed by atoms with Gasteiger partial charge in [-0.1, -0.05) is 60.7 Å². The summed E-state index contributed by atoms with van der Waals surface area (Å²) < 4.78 is 10.4. The molecule has 0 aromatic heterocycles. The molecule has 0 saturated carbocycles. The summed E-state index contributed by atoms with van der Waals surface area (Å²) in [5.74, 6) is -0.944. The molecule has 0 bridgehead atoms. The van der Waals surface area contributed by atoms with Gasteiger partial charge in [0.2, 0.25) is 0 Å². The van der Waals surface area contributed by atoms with Crippen LogP contribution >= 0.6 is 0 Å². The molecule has 32 heavy (non-hydrogen) atoms. The second-order valence-electron chi connectivity index (χ2n) is 6.84. The molecule has 3 aromatic rings. The van der Waals surface area contributed by atoms with Crippen LogP contribution < -0.4 is 15.5 Å². The molecule has 3 aromatic carbocycles. The van der Waals surface area contributed by atoms with Gasteiger partial charge in [0.25, 0.3) is 5.91 Å². The molecule has 3 N–H and O–H groups in total. The molecule has 0 heterocycles. The van der Waals surface area contributed by atoms with Gasteiger partial charge in [-0.05, 0) is 35.4 Å². The van der Waals surface area contributed by atoms with Gasteiger partial charge in [-0.2, -0.15) is 0 Å². The topological polar surface area (TPSA) is 114 Å². The number of hydrogen-bond donors (Lipinski definition) is 3. The summed E-state index contributed by atoms with van der Waals surface area (Å²) >= 11 is 0. The number of hydroxylamine groups is 1. The first-order valence-corrected chi connectivity index (χ1v) is 9.82. The molecule has 0 aliphatic carbocycles. The van der Waals surface area contributed by atoms with Crippen molar-refractivity contribution in [3.63, 3.8) is 0 Å². The lowest BCUT2D eigenvalue weighted by molar-refractivity contribution is -0.131. The van der Waals surface area contributed by atoms with Crippen molar-refractivity contribution < 1.29 is 29.1 Å². The van der Waals surface area contributed by atoms with Gasteiger partial charge in [-0.25, -0.2) is 15.1 Å². The summed E-state index contributed by atoms with van der Waals surface area (Å²) in [7, 11) is 0. The molecule has 0 fully saturated rings. The molecule has 0 radical (unpaired) electrons. The maximum absolute atomic E-state index is 12.1. The molecular weight excluding hydrogens is 412 g/mol. The zero-order valence-corrected chi connectivity index (χ0v) is 17.1. The van der Waals surface area contributed by atoms with Crippen molar-refractivity contribution in [2.45, 2.75) is 19.1 Å². The molecule has 8 heteroatoms. The number of carbonyl (C=O) groups is 3. The predicted molar refractivity (Wildman–Crippen MR) is 115 cm³/mol. The average Bonchev–Trinajstić information content (AvgIpc) is 2.84. The molecule has 0 aliphatic heterocycles. The molecule has 8 nitrogen and oxygen atoms in total. The van der Waals surface area contributed by atoms with E-state index in [1.807, 2.05) is 18.2 Å². The Bertz CT molecular complexity index is 1040. The monoisotopic (exact) mass is 434 g/mol. The average molecular weight is 434 g/mol. The number of carbonyl (C=O) groups excluding carboxylic acids is 3. The van der Waals surface area contributed by atoms with E-state index >= 15 is 0 Å². The van der Waals surface area contributed by atoms with E-state index < -0.39 is 24.0 Å². The number of hydrogen-bond acceptors (Lipinski definition) is 6. The van der Waals surface area contributed by atoms with E-state index in [1.165, 1.54) is 0 Å². The molecule has 0 spiro atoms. The minimum Gasteiger partial charge on any atom is -0.445 e. The normalized spacial score (nSPS) is 11.2. The van der Waals surface area contributed by atoms with Crippen LogP contribution in [-0.4, -0.2) is 29.2 Å².